The molecule has 0 amide bonds. The van der Waals surface area contributed by atoms with Crippen molar-refractivity contribution in [2.24, 2.45) is 0 Å². The van der Waals surface area contributed by atoms with E-state index in [1.54, 1.807) is 24.3 Å². The van der Waals surface area contributed by atoms with Crippen LogP contribution in [0.15, 0.2) is 48.5 Å². The van der Waals surface area contributed by atoms with Gasteiger partial charge in [-0.05, 0) is 50.1 Å². The third-order valence-electron chi connectivity index (χ3n) is 3.55. The molecule has 2 rings (SSSR count). The first-order valence-corrected chi connectivity index (χ1v) is 8.31. The number of rotatable bonds is 8. The van der Waals surface area contributed by atoms with Crippen LogP contribution in [0.2, 0.25) is 0 Å². The monoisotopic (exact) mass is 328 g/mol. The first-order valence-electron chi connectivity index (χ1n) is 8.31. The van der Waals surface area contributed by atoms with Gasteiger partial charge in [-0.1, -0.05) is 31.2 Å². The average molecular weight is 328 g/mol. The smallest absolute Gasteiger partial charge is 0.343 e. The normalized spacial score (nSPS) is 11.8. The molecule has 24 heavy (non-hydrogen) atoms. The molecule has 1 unspecified atom stereocenters. The predicted octanol–water partition coefficient (Wildman–Crippen LogP) is 4.79. The molecule has 0 saturated heterocycles. The SMILES string of the molecule is CCCOc1ccccc1OC(=O)c1ccc(C(C)OCC)cc1. The summed E-state index contributed by atoms with van der Waals surface area (Å²) >= 11 is 0. The Balaban J connectivity index is 2.07. The molecule has 128 valence electrons. The van der Waals surface area contributed by atoms with Crippen molar-refractivity contribution in [3.8, 4) is 11.5 Å². The molecule has 0 heterocycles. The number of esters is 1. The molecule has 0 radical (unpaired) electrons. The van der Waals surface area contributed by atoms with Crippen LogP contribution >= 0.6 is 0 Å². The number of para-hydroxylation sites is 2. The van der Waals surface area contributed by atoms with Crippen molar-refractivity contribution < 1.29 is 19.0 Å². The van der Waals surface area contributed by atoms with Crippen LogP contribution < -0.4 is 9.47 Å². The lowest BCUT2D eigenvalue weighted by Gasteiger charge is -2.13. The Kier molecular flexibility index (Phi) is 6.82. The summed E-state index contributed by atoms with van der Waals surface area (Å²) in [6.45, 7) is 7.20. The molecule has 2 aromatic carbocycles. The van der Waals surface area contributed by atoms with Gasteiger partial charge in [0.25, 0.3) is 0 Å². The Bertz CT molecular complexity index is 649. The summed E-state index contributed by atoms with van der Waals surface area (Å²) in [5, 5.41) is 0. The van der Waals surface area contributed by atoms with E-state index >= 15 is 0 Å². The van der Waals surface area contributed by atoms with Crippen LogP contribution in [0.3, 0.4) is 0 Å². The Hall–Kier alpha value is -2.33. The highest BCUT2D eigenvalue weighted by Gasteiger charge is 2.13. The standard InChI is InChI=1S/C20H24O4/c1-4-14-23-18-8-6-7-9-19(18)24-20(21)17-12-10-16(11-13-17)15(3)22-5-2/h6-13,15H,4-5,14H2,1-3H3. The molecule has 2 aromatic rings. The van der Waals surface area contributed by atoms with Gasteiger partial charge in [0.2, 0.25) is 0 Å². The van der Waals surface area contributed by atoms with Crippen molar-refractivity contribution in [2.75, 3.05) is 13.2 Å². The van der Waals surface area contributed by atoms with Gasteiger partial charge in [0.1, 0.15) is 0 Å². The molecule has 0 aliphatic heterocycles. The van der Waals surface area contributed by atoms with E-state index in [2.05, 4.69) is 0 Å². The number of carbonyl (C=O) groups excluding carboxylic acids is 1. The highest BCUT2D eigenvalue weighted by Crippen LogP contribution is 2.27. The van der Waals surface area contributed by atoms with Crippen LogP contribution in [-0.2, 0) is 4.74 Å². The van der Waals surface area contributed by atoms with Crippen LogP contribution in [0.5, 0.6) is 11.5 Å². The van der Waals surface area contributed by atoms with E-state index in [9.17, 15) is 4.79 Å². The molecule has 0 aromatic heterocycles. The topological polar surface area (TPSA) is 44.8 Å². The molecule has 4 nitrogen and oxygen atoms in total. The summed E-state index contributed by atoms with van der Waals surface area (Å²) in [4.78, 5) is 12.3. The van der Waals surface area contributed by atoms with Crippen molar-refractivity contribution in [1.82, 2.24) is 0 Å². The fraction of sp³-hybridized carbons (Fsp3) is 0.350. The Morgan fingerprint density at radius 1 is 1.00 bits per heavy atom. The first-order chi connectivity index (χ1) is 11.7. The lowest BCUT2D eigenvalue weighted by molar-refractivity contribution is 0.0723. The van der Waals surface area contributed by atoms with E-state index in [1.807, 2.05) is 45.0 Å². The second kappa shape index (κ2) is 9.08. The summed E-state index contributed by atoms with van der Waals surface area (Å²) in [6.07, 6.45) is 0.894. The molecule has 0 aliphatic carbocycles. The van der Waals surface area contributed by atoms with Crippen molar-refractivity contribution in [2.45, 2.75) is 33.3 Å². The van der Waals surface area contributed by atoms with Crippen LogP contribution in [0.1, 0.15) is 49.2 Å². The van der Waals surface area contributed by atoms with Crippen molar-refractivity contribution in [3.05, 3.63) is 59.7 Å². The summed E-state index contributed by atoms with van der Waals surface area (Å²) in [5.74, 6) is 0.607. The molecule has 0 fully saturated rings. The van der Waals surface area contributed by atoms with Crippen LogP contribution in [-0.4, -0.2) is 19.2 Å². The molecule has 0 bridgehead atoms. The van der Waals surface area contributed by atoms with Gasteiger partial charge >= 0.3 is 5.97 Å². The Morgan fingerprint density at radius 3 is 2.29 bits per heavy atom. The fourth-order valence-electron chi connectivity index (χ4n) is 2.26. The zero-order valence-electron chi connectivity index (χ0n) is 14.5. The first kappa shape index (κ1) is 18.0. The second-order valence-corrected chi connectivity index (χ2v) is 5.40. The highest BCUT2D eigenvalue weighted by molar-refractivity contribution is 5.91. The van der Waals surface area contributed by atoms with Crippen LogP contribution in [0.25, 0.3) is 0 Å². The van der Waals surface area contributed by atoms with Crippen molar-refractivity contribution in [3.63, 3.8) is 0 Å². The van der Waals surface area contributed by atoms with Gasteiger partial charge < -0.3 is 14.2 Å². The number of ether oxygens (including phenoxy) is 3. The Labute approximate surface area is 143 Å². The molecule has 0 spiro atoms. The molecule has 0 saturated carbocycles. The average Bonchev–Trinajstić information content (AvgIpc) is 2.61. The van der Waals surface area contributed by atoms with E-state index in [0.29, 0.717) is 30.3 Å². The second-order valence-electron chi connectivity index (χ2n) is 5.40. The minimum absolute atomic E-state index is 0.00300. The molecule has 0 aliphatic rings. The van der Waals surface area contributed by atoms with Gasteiger partial charge in [-0.2, -0.15) is 0 Å². The quantitative estimate of drug-likeness (QED) is 0.516. The lowest BCUT2D eigenvalue weighted by Crippen LogP contribution is -2.10. The minimum Gasteiger partial charge on any atom is -0.490 e. The van der Waals surface area contributed by atoms with E-state index in [1.165, 1.54) is 0 Å². The maximum Gasteiger partial charge on any atom is 0.343 e. The summed E-state index contributed by atoms with van der Waals surface area (Å²) in [5.41, 5.74) is 1.52. The van der Waals surface area contributed by atoms with E-state index < -0.39 is 5.97 Å². The number of benzene rings is 2. The zero-order chi connectivity index (χ0) is 17.4. The van der Waals surface area contributed by atoms with E-state index in [4.69, 9.17) is 14.2 Å². The third kappa shape index (κ3) is 4.83. The van der Waals surface area contributed by atoms with Crippen molar-refractivity contribution in [1.29, 1.82) is 0 Å². The molecule has 4 heteroatoms. The molecule has 1 atom stereocenters. The predicted molar refractivity (Wildman–Crippen MR) is 93.7 cm³/mol. The molecular formula is C20H24O4. The summed E-state index contributed by atoms with van der Waals surface area (Å²) < 4.78 is 16.6. The molecular weight excluding hydrogens is 304 g/mol. The number of carbonyl (C=O) groups is 1. The van der Waals surface area contributed by atoms with Gasteiger partial charge in [-0.15, -0.1) is 0 Å². The number of hydrogen-bond donors (Lipinski definition) is 0. The van der Waals surface area contributed by atoms with Crippen molar-refractivity contribution >= 4 is 5.97 Å². The lowest BCUT2D eigenvalue weighted by atomic mass is 10.1. The van der Waals surface area contributed by atoms with E-state index in [0.717, 1.165) is 12.0 Å². The third-order valence-corrected chi connectivity index (χ3v) is 3.55. The highest BCUT2D eigenvalue weighted by atomic mass is 16.6. The number of hydrogen-bond acceptors (Lipinski definition) is 4. The maximum absolute atomic E-state index is 12.3. The summed E-state index contributed by atoms with van der Waals surface area (Å²) in [7, 11) is 0. The van der Waals surface area contributed by atoms with E-state index in [-0.39, 0.29) is 6.10 Å². The minimum atomic E-state index is -0.404. The van der Waals surface area contributed by atoms with Gasteiger partial charge in [0.05, 0.1) is 18.3 Å². The van der Waals surface area contributed by atoms with Crippen LogP contribution in [0, 0.1) is 0 Å². The van der Waals surface area contributed by atoms with Gasteiger partial charge in [-0.3, -0.25) is 0 Å². The fourth-order valence-corrected chi connectivity index (χ4v) is 2.26. The molecule has 0 N–H and O–H groups in total. The van der Waals surface area contributed by atoms with Crippen LogP contribution in [0.4, 0.5) is 0 Å². The largest absolute Gasteiger partial charge is 0.490 e. The Morgan fingerprint density at radius 2 is 1.67 bits per heavy atom. The van der Waals surface area contributed by atoms with Gasteiger partial charge in [-0.25, -0.2) is 4.79 Å². The zero-order valence-corrected chi connectivity index (χ0v) is 14.5. The summed E-state index contributed by atoms with van der Waals surface area (Å²) in [6, 6.07) is 14.5. The van der Waals surface area contributed by atoms with Gasteiger partial charge in [0, 0.05) is 6.61 Å². The maximum atomic E-state index is 12.3. The van der Waals surface area contributed by atoms with Gasteiger partial charge in [0.15, 0.2) is 11.5 Å².